The smallest absolute Gasteiger partial charge is 0.0431 e. The van der Waals surface area contributed by atoms with Crippen LogP contribution >= 0.6 is 0 Å². The van der Waals surface area contributed by atoms with Crippen LogP contribution < -0.4 is 5.32 Å². The highest BCUT2D eigenvalue weighted by Crippen LogP contribution is 2.34. The molecule has 2 N–H and O–H groups in total. The molecule has 0 spiro atoms. The largest absolute Gasteiger partial charge is 0.396 e. The van der Waals surface area contributed by atoms with Crippen LogP contribution in [0.2, 0.25) is 0 Å². The zero-order valence-electron chi connectivity index (χ0n) is 13.3. The van der Waals surface area contributed by atoms with Gasteiger partial charge < -0.3 is 10.4 Å². The second-order valence-electron chi connectivity index (χ2n) is 6.38. The van der Waals surface area contributed by atoms with Gasteiger partial charge in [-0.15, -0.1) is 0 Å². The normalized spacial score (nSPS) is 17.8. The highest BCUT2D eigenvalue weighted by Gasteiger charge is 2.24. The van der Waals surface area contributed by atoms with Gasteiger partial charge in [0.05, 0.1) is 0 Å². The lowest BCUT2D eigenvalue weighted by Crippen LogP contribution is -2.30. The summed E-state index contributed by atoms with van der Waals surface area (Å²) in [6.07, 6.45) is 11.5. The van der Waals surface area contributed by atoms with Crippen molar-refractivity contribution in [3.63, 3.8) is 0 Å². The van der Waals surface area contributed by atoms with Gasteiger partial charge in [-0.1, -0.05) is 62.4 Å². The molecule has 0 aromatic heterocycles. The second-order valence-corrected chi connectivity index (χ2v) is 6.38. The third-order valence-electron chi connectivity index (χ3n) is 4.73. The quantitative estimate of drug-likeness (QED) is 0.658. The first-order valence-corrected chi connectivity index (χ1v) is 8.81. The lowest BCUT2D eigenvalue weighted by molar-refractivity contribution is 0.268. The molecule has 0 saturated heterocycles. The summed E-state index contributed by atoms with van der Waals surface area (Å²) in [5.74, 6) is 0.804. The van der Waals surface area contributed by atoms with Crippen molar-refractivity contribution in [3.05, 3.63) is 35.9 Å². The van der Waals surface area contributed by atoms with Gasteiger partial charge in [0, 0.05) is 12.6 Å². The van der Waals surface area contributed by atoms with Crippen molar-refractivity contribution in [2.75, 3.05) is 13.2 Å². The molecule has 118 valence electrons. The Labute approximate surface area is 130 Å². The van der Waals surface area contributed by atoms with Crippen LogP contribution in [0.15, 0.2) is 30.3 Å². The van der Waals surface area contributed by atoms with Crippen LogP contribution in [0.3, 0.4) is 0 Å². The lowest BCUT2D eigenvalue weighted by Gasteiger charge is -2.31. The molecular weight excluding hydrogens is 258 g/mol. The number of aliphatic hydroxyl groups excluding tert-OH is 1. The standard InChI is InChI=1S/C19H31NO/c21-16-10-2-1-9-15-20-19(17-11-5-3-6-12-17)18-13-7-4-8-14-18/h3,5-6,11-12,18-21H,1-2,4,7-10,13-16H2. The first-order chi connectivity index (χ1) is 10.4. The van der Waals surface area contributed by atoms with Gasteiger partial charge in [0.2, 0.25) is 0 Å². The van der Waals surface area contributed by atoms with Crippen molar-refractivity contribution < 1.29 is 5.11 Å². The van der Waals surface area contributed by atoms with Crippen molar-refractivity contribution in [2.45, 2.75) is 63.8 Å². The SMILES string of the molecule is OCCCCCCNC(c1ccccc1)C1CCCCC1. The Balaban J connectivity index is 1.83. The molecule has 0 bridgehead atoms. The van der Waals surface area contributed by atoms with E-state index in [-0.39, 0.29) is 0 Å². The molecule has 1 fully saturated rings. The monoisotopic (exact) mass is 289 g/mol. The number of aliphatic hydroxyl groups is 1. The van der Waals surface area contributed by atoms with E-state index in [1.54, 1.807) is 0 Å². The average molecular weight is 289 g/mol. The number of hydrogen-bond acceptors (Lipinski definition) is 2. The highest BCUT2D eigenvalue weighted by atomic mass is 16.2. The molecule has 1 atom stereocenters. The second kappa shape index (κ2) is 9.97. The van der Waals surface area contributed by atoms with Crippen molar-refractivity contribution in [3.8, 4) is 0 Å². The third kappa shape index (κ3) is 5.80. The van der Waals surface area contributed by atoms with Gasteiger partial charge >= 0.3 is 0 Å². The van der Waals surface area contributed by atoms with Crippen LogP contribution in [0.5, 0.6) is 0 Å². The van der Waals surface area contributed by atoms with Gasteiger partial charge in [0.15, 0.2) is 0 Å². The molecule has 1 unspecified atom stereocenters. The predicted molar refractivity (Wildman–Crippen MR) is 89.3 cm³/mol. The van der Waals surface area contributed by atoms with E-state index in [9.17, 15) is 0 Å². The Bertz CT molecular complexity index is 359. The molecule has 1 aromatic rings. The average Bonchev–Trinajstić information content (AvgIpc) is 2.56. The van der Waals surface area contributed by atoms with Crippen LogP contribution in [0.4, 0.5) is 0 Å². The maximum atomic E-state index is 8.81. The minimum absolute atomic E-state index is 0.335. The van der Waals surface area contributed by atoms with Gasteiger partial charge in [0.25, 0.3) is 0 Å². The number of rotatable bonds is 9. The molecule has 2 heteroatoms. The molecular formula is C19H31NO. The van der Waals surface area contributed by atoms with E-state index >= 15 is 0 Å². The first-order valence-electron chi connectivity index (χ1n) is 8.81. The van der Waals surface area contributed by atoms with Crippen molar-refractivity contribution >= 4 is 0 Å². The molecule has 1 aliphatic carbocycles. The van der Waals surface area contributed by atoms with E-state index in [1.165, 1.54) is 50.5 Å². The summed E-state index contributed by atoms with van der Waals surface area (Å²) in [6.45, 7) is 1.43. The Morgan fingerprint density at radius 3 is 2.38 bits per heavy atom. The highest BCUT2D eigenvalue weighted by molar-refractivity contribution is 5.19. The van der Waals surface area contributed by atoms with Crippen molar-refractivity contribution in [1.82, 2.24) is 5.32 Å². The van der Waals surface area contributed by atoms with E-state index in [0.717, 1.165) is 25.3 Å². The number of benzene rings is 1. The summed E-state index contributed by atoms with van der Waals surface area (Å²) in [7, 11) is 0. The topological polar surface area (TPSA) is 32.3 Å². The molecule has 0 radical (unpaired) electrons. The number of nitrogens with one attached hydrogen (secondary N) is 1. The fraction of sp³-hybridized carbons (Fsp3) is 0.684. The first kappa shape index (κ1) is 16.5. The van der Waals surface area contributed by atoms with E-state index in [4.69, 9.17) is 5.11 Å². The van der Waals surface area contributed by atoms with Gasteiger partial charge in [0.1, 0.15) is 0 Å². The van der Waals surface area contributed by atoms with Crippen molar-refractivity contribution in [1.29, 1.82) is 0 Å². The minimum atomic E-state index is 0.335. The van der Waals surface area contributed by atoms with Gasteiger partial charge in [-0.05, 0) is 43.7 Å². The van der Waals surface area contributed by atoms with E-state index in [1.807, 2.05) is 0 Å². The van der Waals surface area contributed by atoms with Crippen LogP contribution in [-0.2, 0) is 0 Å². The predicted octanol–water partition coefficient (Wildman–Crippen LogP) is 4.45. The van der Waals surface area contributed by atoms with Crippen molar-refractivity contribution in [2.24, 2.45) is 5.92 Å². The van der Waals surface area contributed by atoms with Crippen LogP contribution in [0.25, 0.3) is 0 Å². The molecule has 2 rings (SSSR count). The van der Waals surface area contributed by atoms with Crippen LogP contribution in [-0.4, -0.2) is 18.3 Å². The molecule has 21 heavy (non-hydrogen) atoms. The third-order valence-corrected chi connectivity index (χ3v) is 4.73. The lowest BCUT2D eigenvalue weighted by atomic mass is 9.81. The number of hydrogen-bond donors (Lipinski definition) is 2. The molecule has 1 aliphatic rings. The summed E-state index contributed by atoms with van der Waals surface area (Å²) in [4.78, 5) is 0. The van der Waals surface area contributed by atoms with Gasteiger partial charge in [-0.2, -0.15) is 0 Å². The summed E-state index contributed by atoms with van der Waals surface area (Å²) in [5, 5.41) is 12.6. The molecule has 0 aliphatic heterocycles. The molecule has 2 nitrogen and oxygen atoms in total. The van der Waals surface area contributed by atoms with Crippen LogP contribution in [0, 0.1) is 5.92 Å². The Morgan fingerprint density at radius 1 is 0.952 bits per heavy atom. The zero-order valence-corrected chi connectivity index (χ0v) is 13.3. The summed E-state index contributed by atoms with van der Waals surface area (Å²) in [6, 6.07) is 11.5. The molecule has 0 heterocycles. The fourth-order valence-electron chi connectivity index (χ4n) is 3.53. The van der Waals surface area contributed by atoms with Gasteiger partial charge in [-0.3, -0.25) is 0 Å². The zero-order chi connectivity index (χ0) is 14.8. The number of unbranched alkanes of at least 4 members (excludes halogenated alkanes) is 3. The van der Waals surface area contributed by atoms with E-state index < -0.39 is 0 Å². The Morgan fingerprint density at radius 2 is 1.67 bits per heavy atom. The minimum Gasteiger partial charge on any atom is -0.396 e. The molecule has 1 aromatic carbocycles. The maximum absolute atomic E-state index is 8.81. The van der Waals surface area contributed by atoms with E-state index in [0.29, 0.717) is 12.6 Å². The van der Waals surface area contributed by atoms with Crippen LogP contribution in [0.1, 0.15) is 69.4 Å². The molecule has 1 saturated carbocycles. The van der Waals surface area contributed by atoms with Gasteiger partial charge in [-0.25, -0.2) is 0 Å². The maximum Gasteiger partial charge on any atom is 0.0431 e. The molecule has 0 amide bonds. The summed E-state index contributed by atoms with van der Waals surface area (Å²) >= 11 is 0. The summed E-state index contributed by atoms with van der Waals surface area (Å²) in [5.41, 5.74) is 1.46. The fourth-order valence-corrected chi connectivity index (χ4v) is 3.53. The Kier molecular flexibility index (Phi) is 7.83. The summed E-state index contributed by atoms with van der Waals surface area (Å²) < 4.78 is 0. The van der Waals surface area contributed by atoms with E-state index in [2.05, 4.69) is 35.6 Å². The Hall–Kier alpha value is -0.860.